The number of carbonyl (C=O) groups excluding carboxylic acids is 1. The van der Waals surface area contributed by atoms with E-state index in [0.717, 1.165) is 39.7 Å². The van der Waals surface area contributed by atoms with E-state index in [-0.39, 0.29) is 11.8 Å². The van der Waals surface area contributed by atoms with Crippen LogP contribution in [0, 0.1) is 25.7 Å². The van der Waals surface area contributed by atoms with Gasteiger partial charge in [0.05, 0.1) is 5.69 Å². The van der Waals surface area contributed by atoms with Crippen LogP contribution in [0.3, 0.4) is 0 Å². The van der Waals surface area contributed by atoms with Crippen molar-refractivity contribution in [1.82, 2.24) is 15.0 Å². The maximum absolute atomic E-state index is 12.2. The number of nitrogens with one attached hydrogen (secondary N) is 1. The highest BCUT2D eigenvalue weighted by molar-refractivity contribution is 5.98. The summed E-state index contributed by atoms with van der Waals surface area (Å²) in [5, 5.41) is 4.56. The van der Waals surface area contributed by atoms with Crippen molar-refractivity contribution < 1.29 is 4.79 Å². The highest BCUT2D eigenvalue weighted by atomic mass is 16.2. The monoisotopic (exact) mass is 347 g/mol. The molecule has 0 aliphatic heterocycles. The first-order valence-corrected chi connectivity index (χ1v) is 8.73. The Morgan fingerprint density at radius 1 is 1.19 bits per heavy atom. The summed E-state index contributed by atoms with van der Waals surface area (Å²) in [6, 6.07) is 5.83. The zero-order valence-electron chi connectivity index (χ0n) is 15.1. The first kappa shape index (κ1) is 16.4. The van der Waals surface area contributed by atoms with Gasteiger partial charge in [0.1, 0.15) is 11.6 Å². The third-order valence-electron chi connectivity index (χ3n) is 4.97. The number of hydrogen-bond acceptors (Lipinski definition) is 5. The van der Waals surface area contributed by atoms with E-state index in [4.69, 9.17) is 5.73 Å². The third-order valence-corrected chi connectivity index (χ3v) is 4.97. The van der Waals surface area contributed by atoms with Crippen LogP contribution in [0.1, 0.15) is 24.6 Å². The molecule has 3 aromatic rings. The van der Waals surface area contributed by atoms with Crippen LogP contribution in [0.4, 0.5) is 11.6 Å². The van der Waals surface area contributed by atoms with Gasteiger partial charge in [-0.25, -0.2) is 9.97 Å². The topological polar surface area (TPSA) is 93.8 Å². The molecule has 3 heterocycles. The Morgan fingerprint density at radius 3 is 2.65 bits per heavy atom. The van der Waals surface area contributed by atoms with E-state index < -0.39 is 0 Å². The molecule has 4 rings (SSSR count). The molecule has 1 aliphatic carbocycles. The number of anilines is 2. The van der Waals surface area contributed by atoms with Crippen LogP contribution in [0.25, 0.3) is 22.0 Å². The SMILES string of the molecule is Cc1cc(C)c(-c2cc3cc(NC(=O)[C@@H]4C[C@@H]4C)ncc3c(N)n2)cn1. The Labute approximate surface area is 151 Å². The Kier molecular flexibility index (Phi) is 3.83. The van der Waals surface area contributed by atoms with Gasteiger partial charge in [-0.2, -0.15) is 0 Å². The van der Waals surface area contributed by atoms with Crippen molar-refractivity contribution in [3.63, 3.8) is 0 Å². The van der Waals surface area contributed by atoms with E-state index in [2.05, 4.69) is 27.2 Å². The van der Waals surface area contributed by atoms with E-state index >= 15 is 0 Å². The fraction of sp³-hybridized carbons (Fsp3) is 0.300. The molecular formula is C20H21N5O. The second-order valence-corrected chi connectivity index (χ2v) is 7.13. The first-order valence-electron chi connectivity index (χ1n) is 8.73. The molecule has 1 aliphatic rings. The van der Waals surface area contributed by atoms with Gasteiger partial charge in [0, 0.05) is 35.0 Å². The van der Waals surface area contributed by atoms with Crippen molar-refractivity contribution in [2.75, 3.05) is 11.1 Å². The molecule has 0 saturated heterocycles. The number of pyridine rings is 3. The minimum absolute atomic E-state index is 0.0326. The van der Waals surface area contributed by atoms with Crippen LogP contribution in [0.15, 0.2) is 30.6 Å². The molecule has 0 spiro atoms. The molecule has 0 aromatic carbocycles. The second kappa shape index (κ2) is 6.05. The highest BCUT2D eigenvalue weighted by Crippen LogP contribution is 2.38. The molecule has 0 unspecified atom stereocenters. The Morgan fingerprint density at radius 2 is 1.96 bits per heavy atom. The molecule has 0 bridgehead atoms. The maximum Gasteiger partial charge on any atom is 0.228 e. The number of nitrogens with zero attached hydrogens (tertiary/aromatic N) is 3. The average Bonchev–Trinajstić information content (AvgIpc) is 3.31. The molecule has 26 heavy (non-hydrogen) atoms. The van der Waals surface area contributed by atoms with Gasteiger partial charge in [-0.15, -0.1) is 0 Å². The molecule has 1 amide bonds. The van der Waals surface area contributed by atoms with Crippen molar-refractivity contribution in [2.24, 2.45) is 11.8 Å². The molecule has 3 N–H and O–H groups in total. The first-order chi connectivity index (χ1) is 12.4. The number of fused-ring (bicyclic) bond motifs is 1. The van der Waals surface area contributed by atoms with Crippen LogP contribution < -0.4 is 11.1 Å². The summed E-state index contributed by atoms with van der Waals surface area (Å²) < 4.78 is 0. The minimum Gasteiger partial charge on any atom is -0.383 e. The fourth-order valence-electron chi connectivity index (χ4n) is 3.25. The van der Waals surface area contributed by atoms with Gasteiger partial charge in [-0.1, -0.05) is 6.92 Å². The molecule has 3 aromatic heterocycles. The van der Waals surface area contributed by atoms with Crippen LogP contribution in [-0.4, -0.2) is 20.9 Å². The Balaban J connectivity index is 1.73. The zero-order chi connectivity index (χ0) is 18.4. The number of carbonyl (C=O) groups is 1. The number of aryl methyl sites for hydroxylation is 2. The Hall–Kier alpha value is -3.02. The van der Waals surface area contributed by atoms with Gasteiger partial charge >= 0.3 is 0 Å². The molecule has 2 atom stereocenters. The Bertz CT molecular complexity index is 1030. The summed E-state index contributed by atoms with van der Waals surface area (Å²) >= 11 is 0. The molecule has 132 valence electrons. The van der Waals surface area contributed by atoms with Crippen LogP contribution in [-0.2, 0) is 4.79 Å². The number of aromatic nitrogens is 3. The lowest BCUT2D eigenvalue weighted by molar-refractivity contribution is -0.117. The van der Waals surface area contributed by atoms with Gasteiger partial charge in [0.25, 0.3) is 0 Å². The van der Waals surface area contributed by atoms with Crippen molar-refractivity contribution in [3.8, 4) is 11.3 Å². The van der Waals surface area contributed by atoms with Crippen molar-refractivity contribution in [1.29, 1.82) is 0 Å². The maximum atomic E-state index is 12.2. The van der Waals surface area contributed by atoms with Gasteiger partial charge in [0.2, 0.25) is 5.91 Å². The summed E-state index contributed by atoms with van der Waals surface area (Å²) in [5.74, 6) is 1.55. The van der Waals surface area contributed by atoms with Crippen LogP contribution in [0.2, 0.25) is 0 Å². The van der Waals surface area contributed by atoms with Crippen LogP contribution >= 0.6 is 0 Å². The van der Waals surface area contributed by atoms with Crippen molar-refractivity contribution in [2.45, 2.75) is 27.2 Å². The zero-order valence-corrected chi connectivity index (χ0v) is 15.1. The number of hydrogen-bond donors (Lipinski definition) is 2. The standard InChI is InChI=1S/C20H21N5O/c1-10-4-12(3)22-8-15(10)17-6-13-7-18(23-9-16(13)19(21)24-17)25-20(26)14-5-11(14)2/h4,6-9,11,14H,5H2,1-3H3,(H2,21,24)(H,23,25,26)/t11-,14+/m0/s1. The normalized spacial score (nSPS) is 18.7. The van der Waals surface area contributed by atoms with E-state index in [1.54, 1.807) is 6.20 Å². The average molecular weight is 347 g/mol. The fourth-order valence-corrected chi connectivity index (χ4v) is 3.25. The number of nitrogen functional groups attached to an aromatic ring is 1. The van der Waals surface area contributed by atoms with Gasteiger partial charge in [-0.3, -0.25) is 9.78 Å². The van der Waals surface area contributed by atoms with E-state index in [1.807, 2.05) is 38.2 Å². The quantitative estimate of drug-likeness (QED) is 0.756. The molecule has 0 radical (unpaired) electrons. The molecule has 1 saturated carbocycles. The largest absolute Gasteiger partial charge is 0.383 e. The van der Waals surface area contributed by atoms with E-state index in [9.17, 15) is 4.79 Å². The highest BCUT2D eigenvalue weighted by Gasteiger charge is 2.39. The number of nitrogens with two attached hydrogens (primary N) is 1. The molecule has 6 nitrogen and oxygen atoms in total. The van der Waals surface area contributed by atoms with E-state index in [0.29, 0.717) is 17.6 Å². The molecule has 1 fully saturated rings. The lowest BCUT2D eigenvalue weighted by Gasteiger charge is -2.10. The predicted molar refractivity (Wildman–Crippen MR) is 103 cm³/mol. The lowest BCUT2D eigenvalue weighted by atomic mass is 10.0. The van der Waals surface area contributed by atoms with Gasteiger partial charge in [0.15, 0.2) is 0 Å². The third kappa shape index (κ3) is 2.98. The minimum atomic E-state index is 0.0326. The lowest BCUT2D eigenvalue weighted by Crippen LogP contribution is -2.15. The summed E-state index contributed by atoms with van der Waals surface area (Å²) in [6.45, 7) is 6.07. The van der Waals surface area contributed by atoms with Crippen molar-refractivity contribution >= 4 is 28.3 Å². The summed E-state index contributed by atoms with van der Waals surface area (Å²) in [6.07, 6.45) is 4.42. The van der Waals surface area contributed by atoms with Crippen molar-refractivity contribution in [3.05, 3.63) is 41.9 Å². The molecule has 6 heteroatoms. The number of rotatable bonds is 3. The summed E-state index contributed by atoms with van der Waals surface area (Å²) in [7, 11) is 0. The van der Waals surface area contributed by atoms with Crippen LogP contribution in [0.5, 0.6) is 0 Å². The smallest absolute Gasteiger partial charge is 0.228 e. The summed E-state index contributed by atoms with van der Waals surface area (Å²) in [4.78, 5) is 25.3. The van der Waals surface area contributed by atoms with Gasteiger partial charge in [-0.05, 0) is 55.3 Å². The predicted octanol–water partition coefficient (Wildman–Crippen LogP) is 3.49. The second-order valence-electron chi connectivity index (χ2n) is 7.13. The number of amides is 1. The molecular weight excluding hydrogens is 326 g/mol. The van der Waals surface area contributed by atoms with Gasteiger partial charge < -0.3 is 11.1 Å². The van der Waals surface area contributed by atoms with E-state index in [1.165, 1.54) is 0 Å². The summed E-state index contributed by atoms with van der Waals surface area (Å²) in [5.41, 5.74) is 9.90.